The van der Waals surface area contributed by atoms with Gasteiger partial charge in [0.05, 0.1) is 23.1 Å². The Morgan fingerprint density at radius 2 is 2.18 bits per heavy atom. The van der Waals surface area contributed by atoms with Gasteiger partial charge >= 0.3 is 0 Å². The first-order valence-electron chi connectivity index (χ1n) is 10.5. The summed E-state index contributed by atoms with van der Waals surface area (Å²) in [5.41, 5.74) is 5.71. The molecule has 1 amide bonds. The van der Waals surface area contributed by atoms with Gasteiger partial charge in [0.2, 0.25) is 0 Å². The second kappa shape index (κ2) is 8.89. The van der Waals surface area contributed by atoms with Crippen molar-refractivity contribution in [2.75, 3.05) is 25.6 Å². The molecule has 10 heteroatoms. The van der Waals surface area contributed by atoms with Crippen molar-refractivity contribution >= 4 is 28.5 Å². The van der Waals surface area contributed by atoms with Crippen LogP contribution in [0, 0.1) is 36.8 Å². The maximum atomic E-state index is 15.0. The van der Waals surface area contributed by atoms with Gasteiger partial charge < -0.3 is 20.5 Å². The first-order chi connectivity index (χ1) is 16.1. The number of carbonyl (C=O) groups is 1. The second-order valence-electron chi connectivity index (χ2n) is 8.56. The van der Waals surface area contributed by atoms with Gasteiger partial charge in [0, 0.05) is 30.3 Å². The molecule has 4 rings (SSSR count). The van der Waals surface area contributed by atoms with Crippen molar-refractivity contribution in [3.8, 4) is 18.1 Å². The number of halogens is 2. The third kappa shape index (κ3) is 4.21. The number of methoxy groups -OCH3 is 1. The van der Waals surface area contributed by atoms with E-state index in [-0.39, 0.29) is 39.4 Å². The molecule has 1 aliphatic carbocycles. The summed E-state index contributed by atoms with van der Waals surface area (Å²) in [4.78, 5) is 21.5. The number of nitrogens with one attached hydrogen (secondary N) is 1. The van der Waals surface area contributed by atoms with Gasteiger partial charge in [-0.2, -0.15) is 0 Å². The zero-order valence-electron chi connectivity index (χ0n) is 18.9. The highest BCUT2D eigenvalue weighted by atomic mass is 32.2. The summed E-state index contributed by atoms with van der Waals surface area (Å²) in [6.45, 7) is 3.90. The number of pyridine rings is 1. The summed E-state index contributed by atoms with van der Waals surface area (Å²) in [6, 6.07) is 3.95. The number of ether oxygens (including phenoxy) is 2. The molecule has 1 aromatic heterocycles. The monoisotopic (exact) mass is 486 g/mol. The molecule has 0 spiro atoms. The topological polar surface area (TPSA) is 98.8 Å². The first-order valence-corrected chi connectivity index (χ1v) is 11.3. The number of carbonyl (C=O) groups excluding carboxylic acids is 1. The number of aryl methyl sites for hydroxylation is 1. The average Bonchev–Trinajstić information content (AvgIpc) is 3.49. The smallest absolute Gasteiger partial charge is 0.274 e. The Morgan fingerprint density at radius 3 is 2.85 bits per heavy atom. The van der Waals surface area contributed by atoms with E-state index in [1.54, 1.807) is 27.0 Å². The highest BCUT2D eigenvalue weighted by Crippen LogP contribution is 2.66. The maximum absolute atomic E-state index is 15.0. The summed E-state index contributed by atoms with van der Waals surface area (Å²) in [5.74, 6) is -0.0269. The van der Waals surface area contributed by atoms with Crippen LogP contribution in [0.5, 0.6) is 5.75 Å². The summed E-state index contributed by atoms with van der Waals surface area (Å²) in [6.07, 6.45) is 7.25. The summed E-state index contributed by atoms with van der Waals surface area (Å²) in [5, 5.41) is 2.90. The molecule has 1 saturated carbocycles. The maximum Gasteiger partial charge on any atom is 0.274 e. The number of anilines is 1. The van der Waals surface area contributed by atoms with Crippen LogP contribution in [0.4, 0.5) is 14.5 Å². The number of aliphatic imine (C=N–C) groups is 1. The van der Waals surface area contributed by atoms with Crippen LogP contribution < -0.4 is 15.8 Å². The molecule has 2 aliphatic rings. The summed E-state index contributed by atoms with van der Waals surface area (Å²) < 4.78 is 40.0. The van der Waals surface area contributed by atoms with E-state index in [1.807, 2.05) is 0 Å². The van der Waals surface area contributed by atoms with Crippen LogP contribution in [0.25, 0.3) is 0 Å². The van der Waals surface area contributed by atoms with E-state index in [4.69, 9.17) is 21.6 Å². The van der Waals surface area contributed by atoms with Crippen molar-refractivity contribution < 1.29 is 23.0 Å². The lowest BCUT2D eigenvalue weighted by molar-refractivity contribution is 0.102. The van der Waals surface area contributed by atoms with Gasteiger partial charge in [-0.25, -0.2) is 13.8 Å². The Morgan fingerprint density at radius 1 is 1.41 bits per heavy atom. The van der Waals surface area contributed by atoms with E-state index >= 15 is 4.39 Å². The number of terminal acetylenes is 1. The zero-order chi connectivity index (χ0) is 24.7. The number of amides is 1. The van der Waals surface area contributed by atoms with E-state index in [0.717, 1.165) is 6.07 Å². The van der Waals surface area contributed by atoms with E-state index in [9.17, 15) is 9.18 Å². The number of hydrogen-bond acceptors (Lipinski definition) is 7. The van der Waals surface area contributed by atoms with Gasteiger partial charge in [0.1, 0.15) is 18.1 Å². The fourth-order valence-electron chi connectivity index (χ4n) is 4.54. The largest absolute Gasteiger partial charge is 0.479 e. The van der Waals surface area contributed by atoms with E-state index in [0.29, 0.717) is 24.3 Å². The SMILES string of the molecule is C#CCOc1cnc(C(=O)Nc2cc(F)c(F)c([C@@]3(C)N=C(N)S[C@@]4(COC)CC43)c2)c(C)c1. The Balaban J connectivity index is 1.64. The predicted octanol–water partition coefficient (Wildman–Crippen LogP) is 3.61. The molecule has 1 aromatic carbocycles. The number of nitrogens with two attached hydrogens (primary N) is 1. The summed E-state index contributed by atoms with van der Waals surface area (Å²) in [7, 11) is 1.59. The average molecular weight is 487 g/mol. The van der Waals surface area contributed by atoms with Crippen LogP contribution in [-0.4, -0.2) is 41.1 Å². The van der Waals surface area contributed by atoms with Gasteiger partial charge in [-0.1, -0.05) is 17.7 Å². The van der Waals surface area contributed by atoms with Crippen LogP contribution in [0.3, 0.4) is 0 Å². The Kier molecular flexibility index (Phi) is 6.27. The molecule has 34 heavy (non-hydrogen) atoms. The van der Waals surface area contributed by atoms with E-state index in [2.05, 4.69) is 21.2 Å². The van der Waals surface area contributed by atoms with Crippen LogP contribution >= 0.6 is 11.8 Å². The third-order valence-corrected chi connectivity index (χ3v) is 7.44. The number of thioether (sulfide) groups is 1. The molecule has 0 bridgehead atoms. The highest BCUT2D eigenvalue weighted by molar-refractivity contribution is 8.15. The predicted molar refractivity (Wildman–Crippen MR) is 127 cm³/mol. The van der Waals surface area contributed by atoms with Crippen molar-refractivity contribution in [3.05, 3.63) is 52.9 Å². The Labute approximate surface area is 200 Å². The van der Waals surface area contributed by atoms with Gasteiger partial charge in [-0.05, 0) is 38.0 Å². The minimum absolute atomic E-state index is 0.0248. The fraction of sp³-hybridized carbons (Fsp3) is 0.375. The molecule has 2 heterocycles. The van der Waals surface area contributed by atoms with Crippen LogP contribution in [0.15, 0.2) is 29.4 Å². The van der Waals surface area contributed by atoms with Gasteiger partial charge in [-0.3, -0.25) is 9.79 Å². The number of benzene rings is 1. The van der Waals surface area contributed by atoms with Crippen LogP contribution in [0.2, 0.25) is 0 Å². The van der Waals surface area contributed by atoms with Gasteiger partial charge in [-0.15, -0.1) is 6.42 Å². The van der Waals surface area contributed by atoms with Crippen molar-refractivity contribution in [2.45, 2.75) is 30.6 Å². The van der Waals surface area contributed by atoms with Crippen molar-refractivity contribution in [1.29, 1.82) is 0 Å². The quantitative estimate of drug-likeness (QED) is 0.580. The van der Waals surface area contributed by atoms with Crippen LogP contribution in [-0.2, 0) is 10.3 Å². The molecule has 1 fully saturated rings. The summed E-state index contributed by atoms with van der Waals surface area (Å²) >= 11 is 1.40. The number of rotatable bonds is 7. The highest BCUT2D eigenvalue weighted by Gasteiger charge is 2.66. The van der Waals surface area contributed by atoms with Crippen molar-refractivity contribution in [3.63, 3.8) is 0 Å². The molecule has 3 N–H and O–H groups in total. The minimum atomic E-state index is -1.11. The third-order valence-electron chi connectivity index (χ3n) is 6.16. The van der Waals surface area contributed by atoms with E-state index in [1.165, 1.54) is 24.0 Å². The molecule has 3 atom stereocenters. The second-order valence-corrected chi connectivity index (χ2v) is 9.99. The minimum Gasteiger partial charge on any atom is -0.479 e. The lowest BCUT2D eigenvalue weighted by Gasteiger charge is -2.34. The lowest BCUT2D eigenvalue weighted by Crippen LogP contribution is -2.38. The molecule has 2 aromatic rings. The lowest BCUT2D eigenvalue weighted by atomic mass is 9.85. The van der Waals surface area contributed by atoms with Crippen molar-refractivity contribution in [1.82, 2.24) is 4.98 Å². The standard InChI is InChI=1S/C24H24F2N4O3S/c1-5-6-33-15-7-13(2)20(28-11-15)21(31)29-14-8-16(19(26)17(25)9-14)23(3)18-10-24(18,12-32-4)34-22(27)30-23/h1,7-9,11,18H,6,10,12H2,2-4H3,(H2,27,30)(H,29,31)/t18?,23-,24-/m1/s1. The number of fused-ring (bicyclic) bond motifs is 1. The zero-order valence-corrected chi connectivity index (χ0v) is 19.8. The number of nitrogens with zero attached hydrogens (tertiary/aromatic N) is 2. The molecule has 0 saturated heterocycles. The molecule has 0 radical (unpaired) electrons. The number of amidine groups is 1. The molecule has 1 aliphatic heterocycles. The Hall–Kier alpha value is -3.16. The number of aromatic nitrogens is 1. The van der Waals surface area contributed by atoms with Crippen LogP contribution in [0.1, 0.15) is 35.0 Å². The Bertz CT molecular complexity index is 1230. The van der Waals surface area contributed by atoms with Crippen molar-refractivity contribution in [2.24, 2.45) is 16.6 Å². The fourth-order valence-corrected chi connectivity index (χ4v) is 5.99. The molecule has 7 nitrogen and oxygen atoms in total. The molecular formula is C24H24F2N4O3S. The van der Waals surface area contributed by atoms with Gasteiger partial charge in [0.15, 0.2) is 16.8 Å². The van der Waals surface area contributed by atoms with Gasteiger partial charge in [0.25, 0.3) is 5.91 Å². The first kappa shape index (κ1) is 24.0. The molecule has 1 unspecified atom stereocenters. The normalized spacial score (nSPS) is 25.1. The molecular weight excluding hydrogens is 462 g/mol. The number of hydrogen-bond donors (Lipinski definition) is 2. The molecule has 178 valence electrons. The van der Waals surface area contributed by atoms with E-state index < -0.39 is 23.1 Å².